The predicted octanol–water partition coefficient (Wildman–Crippen LogP) is 4.72. The van der Waals surface area contributed by atoms with Crippen LogP contribution < -0.4 is 0 Å². The number of thioether (sulfide) groups is 1. The number of hydrogen-bond donors (Lipinski definition) is 0. The summed E-state index contributed by atoms with van der Waals surface area (Å²) in [6, 6.07) is 19.5. The van der Waals surface area contributed by atoms with Gasteiger partial charge in [0.2, 0.25) is 0 Å². The molecule has 0 fully saturated rings. The second-order valence-electron chi connectivity index (χ2n) is 5.56. The van der Waals surface area contributed by atoms with E-state index in [9.17, 15) is 0 Å². The summed E-state index contributed by atoms with van der Waals surface area (Å²) in [5, 5.41) is 0. The SMILES string of the molecule is CO[Si](CCc1cccc(CSC(=S)c2ccccc2)c1)(OC)OC. The zero-order valence-electron chi connectivity index (χ0n) is 14.9. The first-order valence-corrected chi connectivity index (χ1v) is 11.4. The van der Waals surface area contributed by atoms with Crippen molar-refractivity contribution in [2.24, 2.45) is 0 Å². The lowest BCUT2D eigenvalue weighted by Crippen LogP contribution is -2.43. The van der Waals surface area contributed by atoms with Crippen molar-refractivity contribution in [2.45, 2.75) is 18.2 Å². The van der Waals surface area contributed by atoms with E-state index < -0.39 is 8.80 Å². The molecule has 2 rings (SSSR count). The van der Waals surface area contributed by atoms with E-state index in [1.165, 1.54) is 11.1 Å². The Kier molecular flexibility index (Phi) is 8.28. The molecule has 2 aromatic carbocycles. The van der Waals surface area contributed by atoms with Crippen LogP contribution in [0.5, 0.6) is 0 Å². The van der Waals surface area contributed by atoms with Gasteiger partial charge in [-0.1, -0.05) is 66.8 Å². The molecule has 0 amide bonds. The second kappa shape index (κ2) is 10.2. The lowest BCUT2D eigenvalue weighted by Gasteiger charge is -2.24. The summed E-state index contributed by atoms with van der Waals surface area (Å²) in [5.41, 5.74) is 3.63. The first kappa shape index (κ1) is 20.3. The summed E-state index contributed by atoms with van der Waals surface area (Å²) < 4.78 is 17.4. The fourth-order valence-corrected chi connectivity index (χ4v) is 5.34. The average Bonchev–Trinajstić information content (AvgIpc) is 2.68. The van der Waals surface area contributed by atoms with E-state index in [0.29, 0.717) is 0 Å². The van der Waals surface area contributed by atoms with Crippen LogP contribution in [0.25, 0.3) is 0 Å². The van der Waals surface area contributed by atoms with Crippen LogP contribution in [0, 0.1) is 0 Å². The molecule has 0 atom stereocenters. The maximum absolute atomic E-state index is 5.52. The molecule has 0 unspecified atom stereocenters. The quantitative estimate of drug-likeness (QED) is 0.455. The molecule has 134 valence electrons. The van der Waals surface area contributed by atoms with Crippen LogP contribution in [-0.4, -0.2) is 34.3 Å². The van der Waals surface area contributed by atoms with Crippen molar-refractivity contribution in [2.75, 3.05) is 21.3 Å². The molecule has 2 aromatic rings. The predicted molar refractivity (Wildman–Crippen MR) is 111 cm³/mol. The minimum absolute atomic E-state index is 0.759. The van der Waals surface area contributed by atoms with Crippen molar-refractivity contribution in [3.05, 3.63) is 71.3 Å². The molecule has 0 aliphatic carbocycles. The van der Waals surface area contributed by atoms with Gasteiger partial charge in [0.15, 0.2) is 0 Å². The second-order valence-corrected chi connectivity index (χ2v) is 10.3. The zero-order valence-corrected chi connectivity index (χ0v) is 17.5. The zero-order chi connectivity index (χ0) is 18.1. The highest BCUT2D eigenvalue weighted by Crippen LogP contribution is 2.22. The van der Waals surface area contributed by atoms with Crippen molar-refractivity contribution >= 4 is 37.0 Å². The van der Waals surface area contributed by atoms with Crippen LogP contribution in [0.2, 0.25) is 6.04 Å². The number of hydrogen-bond acceptors (Lipinski definition) is 5. The third-order valence-electron chi connectivity index (χ3n) is 4.02. The fourth-order valence-electron chi connectivity index (χ4n) is 2.54. The lowest BCUT2D eigenvalue weighted by molar-refractivity contribution is 0.123. The number of rotatable bonds is 9. The minimum Gasteiger partial charge on any atom is -0.377 e. The van der Waals surface area contributed by atoms with E-state index >= 15 is 0 Å². The molecule has 0 bridgehead atoms. The highest BCUT2D eigenvalue weighted by Gasteiger charge is 2.37. The van der Waals surface area contributed by atoms with Gasteiger partial charge in [-0.05, 0) is 23.1 Å². The van der Waals surface area contributed by atoms with Crippen LogP contribution >= 0.6 is 24.0 Å². The molecule has 0 aromatic heterocycles. The standard InChI is InChI=1S/C19H24O3S2Si/c1-20-25(21-2,22-3)13-12-16-8-7-9-17(14-16)15-24-19(23)18-10-5-4-6-11-18/h4-11,14H,12-13,15H2,1-3H3. The topological polar surface area (TPSA) is 27.7 Å². The summed E-state index contributed by atoms with van der Waals surface area (Å²) in [7, 11) is 2.42. The Hall–Kier alpha value is -1.02. The first-order valence-electron chi connectivity index (χ1n) is 8.08. The number of aryl methyl sites for hydroxylation is 1. The van der Waals surface area contributed by atoms with Crippen molar-refractivity contribution in [1.29, 1.82) is 0 Å². The van der Waals surface area contributed by atoms with E-state index in [0.717, 1.165) is 28.0 Å². The van der Waals surface area contributed by atoms with E-state index in [1.807, 2.05) is 18.2 Å². The molecular weight excluding hydrogens is 368 g/mol. The molecule has 0 aliphatic heterocycles. The maximum atomic E-state index is 5.52. The first-order chi connectivity index (χ1) is 12.1. The summed E-state index contributed by atoms with van der Waals surface area (Å²) in [6.07, 6.45) is 0.864. The van der Waals surface area contributed by atoms with E-state index in [-0.39, 0.29) is 0 Å². The van der Waals surface area contributed by atoms with Crippen LogP contribution in [0.4, 0.5) is 0 Å². The van der Waals surface area contributed by atoms with Gasteiger partial charge >= 0.3 is 8.80 Å². The number of benzene rings is 2. The maximum Gasteiger partial charge on any atom is 0.500 e. The Morgan fingerprint density at radius 2 is 1.56 bits per heavy atom. The van der Waals surface area contributed by atoms with Crippen molar-refractivity contribution < 1.29 is 13.3 Å². The van der Waals surface area contributed by atoms with E-state index in [4.69, 9.17) is 25.5 Å². The highest BCUT2D eigenvalue weighted by molar-refractivity contribution is 8.23. The van der Waals surface area contributed by atoms with Gasteiger partial charge in [-0.15, -0.1) is 11.8 Å². The molecule has 0 spiro atoms. The molecule has 0 N–H and O–H groups in total. The van der Waals surface area contributed by atoms with Gasteiger partial charge in [-0.3, -0.25) is 0 Å². The Labute approximate surface area is 161 Å². The Bertz CT molecular complexity index is 667. The van der Waals surface area contributed by atoms with Crippen molar-refractivity contribution in [3.63, 3.8) is 0 Å². The number of thiocarbonyl (C=S) groups is 1. The van der Waals surface area contributed by atoms with Gasteiger partial charge in [-0.25, -0.2) is 0 Å². The summed E-state index contributed by atoms with van der Waals surface area (Å²) in [4.78, 5) is 0. The lowest BCUT2D eigenvalue weighted by atomic mass is 10.1. The molecule has 0 saturated heterocycles. The van der Waals surface area contributed by atoms with Gasteiger partial charge in [0.05, 0.1) is 4.20 Å². The van der Waals surface area contributed by atoms with Crippen LogP contribution in [0.15, 0.2) is 54.6 Å². The van der Waals surface area contributed by atoms with Gasteiger partial charge < -0.3 is 13.3 Å². The monoisotopic (exact) mass is 392 g/mol. The third kappa shape index (κ3) is 6.02. The van der Waals surface area contributed by atoms with E-state index in [1.54, 1.807) is 33.1 Å². The molecule has 0 aliphatic rings. The minimum atomic E-state index is -2.52. The van der Waals surface area contributed by atoms with Gasteiger partial charge in [-0.2, -0.15) is 0 Å². The molecule has 0 heterocycles. The molecule has 25 heavy (non-hydrogen) atoms. The van der Waals surface area contributed by atoms with Gasteiger partial charge in [0.25, 0.3) is 0 Å². The summed E-state index contributed by atoms with van der Waals surface area (Å²) >= 11 is 7.21. The Balaban J connectivity index is 1.93. The Morgan fingerprint density at radius 3 is 2.20 bits per heavy atom. The largest absolute Gasteiger partial charge is 0.500 e. The molecule has 6 heteroatoms. The van der Waals surface area contributed by atoms with Crippen LogP contribution in [0.1, 0.15) is 16.7 Å². The highest BCUT2D eigenvalue weighted by atomic mass is 32.2. The normalized spacial score (nSPS) is 11.5. The van der Waals surface area contributed by atoms with Crippen LogP contribution in [0.3, 0.4) is 0 Å². The summed E-state index contributed by atoms with van der Waals surface area (Å²) in [6.45, 7) is 0. The fraction of sp³-hybridized carbons (Fsp3) is 0.316. The molecular formula is C19H24O3S2Si. The van der Waals surface area contributed by atoms with Crippen molar-refractivity contribution in [1.82, 2.24) is 0 Å². The van der Waals surface area contributed by atoms with Gasteiger partial charge in [0, 0.05) is 33.1 Å². The summed E-state index contributed by atoms with van der Waals surface area (Å²) in [5.74, 6) is 0.864. The van der Waals surface area contributed by atoms with Crippen LogP contribution in [-0.2, 0) is 25.5 Å². The smallest absolute Gasteiger partial charge is 0.377 e. The average molecular weight is 393 g/mol. The van der Waals surface area contributed by atoms with Gasteiger partial charge in [0.1, 0.15) is 0 Å². The molecule has 3 nitrogen and oxygen atoms in total. The molecule has 0 radical (unpaired) electrons. The van der Waals surface area contributed by atoms with E-state index in [2.05, 4.69) is 36.4 Å². The molecule has 0 saturated carbocycles. The Morgan fingerprint density at radius 1 is 0.920 bits per heavy atom. The third-order valence-corrected chi connectivity index (χ3v) is 8.32. The van der Waals surface area contributed by atoms with Crippen molar-refractivity contribution in [3.8, 4) is 0 Å².